The SMILES string of the molecule is Cc1cc(N2CCCN(C)S2(=O)=O)ccc1C(=O)Nc1ccc(C)c(-c2ccc3cnccc3n2)c1. The van der Waals surface area contributed by atoms with Crippen LogP contribution < -0.4 is 9.62 Å². The lowest BCUT2D eigenvalue weighted by Gasteiger charge is -2.34. The third-order valence-corrected chi connectivity index (χ3v) is 8.43. The molecule has 4 aromatic rings. The number of pyridine rings is 2. The highest BCUT2D eigenvalue weighted by Crippen LogP contribution is 2.29. The Morgan fingerprint density at radius 1 is 0.972 bits per heavy atom. The fourth-order valence-corrected chi connectivity index (χ4v) is 5.88. The zero-order valence-corrected chi connectivity index (χ0v) is 21.2. The van der Waals surface area contributed by atoms with E-state index in [4.69, 9.17) is 4.98 Å². The normalized spacial score (nSPS) is 15.7. The Hall–Kier alpha value is -3.82. The molecule has 3 heterocycles. The van der Waals surface area contributed by atoms with E-state index < -0.39 is 10.2 Å². The van der Waals surface area contributed by atoms with Crippen molar-refractivity contribution >= 4 is 38.4 Å². The van der Waals surface area contributed by atoms with Gasteiger partial charge in [0, 0.05) is 54.7 Å². The molecule has 9 heteroatoms. The van der Waals surface area contributed by atoms with Gasteiger partial charge >= 0.3 is 10.2 Å². The van der Waals surface area contributed by atoms with Gasteiger partial charge in [0.1, 0.15) is 0 Å². The quantitative estimate of drug-likeness (QED) is 0.443. The molecule has 0 aliphatic carbocycles. The molecule has 0 bridgehead atoms. The first-order valence-electron chi connectivity index (χ1n) is 11.7. The molecule has 2 aromatic carbocycles. The van der Waals surface area contributed by atoms with E-state index in [-0.39, 0.29) is 5.91 Å². The van der Waals surface area contributed by atoms with Crippen molar-refractivity contribution in [2.75, 3.05) is 29.8 Å². The van der Waals surface area contributed by atoms with Crippen molar-refractivity contribution in [3.8, 4) is 11.3 Å². The Morgan fingerprint density at radius 3 is 2.61 bits per heavy atom. The number of carbonyl (C=O) groups excluding carboxylic acids is 1. The number of rotatable bonds is 4. The van der Waals surface area contributed by atoms with Gasteiger partial charge in [-0.3, -0.25) is 14.1 Å². The molecule has 1 amide bonds. The van der Waals surface area contributed by atoms with Crippen LogP contribution in [-0.2, 0) is 10.2 Å². The number of amides is 1. The Labute approximate surface area is 210 Å². The highest BCUT2D eigenvalue weighted by molar-refractivity contribution is 7.90. The number of hydrogen-bond acceptors (Lipinski definition) is 5. The highest BCUT2D eigenvalue weighted by atomic mass is 32.2. The van der Waals surface area contributed by atoms with E-state index in [1.165, 1.54) is 8.61 Å². The summed E-state index contributed by atoms with van der Waals surface area (Å²) in [6.07, 6.45) is 4.24. The maximum absolute atomic E-state index is 13.1. The van der Waals surface area contributed by atoms with E-state index in [2.05, 4.69) is 10.3 Å². The molecular formula is C27H27N5O3S. The first-order chi connectivity index (χ1) is 17.2. The lowest BCUT2D eigenvalue weighted by atomic mass is 10.0. The number of hydrogen-bond donors (Lipinski definition) is 1. The average molecular weight is 502 g/mol. The topological polar surface area (TPSA) is 95.5 Å². The Morgan fingerprint density at radius 2 is 1.81 bits per heavy atom. The predicted octanol–water partition coefficient (Wildman–Crippen LogP) is 4.55. The van der Waals surface area contributed by atoms with E-state index in [1.54, 1.807) is 37.6 Å². The lowest BCUT2D eigenvalue weighted by molar-refractivity contribution is 0.102. The molecule has 1 aliphatic rings. The second-order valence-corrected chi connectivity index (χ2v) is 11.0. The van der Waals surface area contributed by atoms with Crippen LogP contribution in [0.25, 0.3) is 22.2 Å². The van der Waals surface area contributed by atoms with Gasteiger partial charge in [0.2, 0.25) is 0 Å². The number of benzene rings is 2. The summed E-state index contributed by atoms with van der Waals surface area (Å²) in [7, 11) is -1.97. The standard InChI is InChI=1S/C27H27N5O3S/c1-18-5-7-21(16-24(18)26-10-6-20-17-28-12-11-25(20)30-26)29-27(33)23-9-8-22(15-19(23)2)32-14-4-13-31(3)36(32,34)35/h5-12,15-17H,4,13-14H2,1-3H3,(H,29,33). The third kappa shape index (κ3) is 4.43. The molecule has 0 unspecified atom stereocenters. The van der Waals surface area contributed by atoms with Crippen LogP contribution in [0.4, 0.5) is 11.4 Å². The van der Waals surface area contributed by atoms with Crippen molar-refractivity contribution < 1.29 is 13.2 Å². The summed E-state index contributed by atoms with van der Waals surface area (Å²) in [6, 6.07) is 16.7. The zero-order valence-electron chi connectivity index (χ0n) is 20.4. The summed E-state index contributed by atoms with van der Waals surface area (Å²) in [5, 5.41) is 3.94. The second-order valence-electron chi connectivity index (χ2n) is 9.00. The number of aryl methyl sites for hydroxylation is 2. The maximum atomic E-state index is 13.1. The molecule has 0 atom stereocenters. The van der Waals surface area contributed by atoms with Crippen molar-refractivity contribution in [1.29, 1.82) is 0 Å². The van der Waals surface area contributed by atoms with E-state index in [0.717, 1.165) is 34.1 Å². The van der Waals surface area contributed by atoms with Crippen LogP contribution in [0.2, 0.25) is 0 Å². The molecule has 0 spiro atoms. The minimum absolute atomic E-state index is 0.259. The molecule has 36 heavy (non-hydrogen) atoms. The molecule has 1 fully saturated rings. The maximum Gasteiger partial charge on any atom is 0.303 e. The summed E-state index contributed by atoms with van der Waals surface area (Å²) in [5.74, 6) is -0.259. The van der Waals surface area contributed by atoms with Crippen LogP contribution in [0.15, 0.2) is 67.0 Å². The largest absolute Gasteiger partial charge is 0.322 e. The number of nitrogens with zero attached hydrogens (tertiary/aromatic N) is 4. The van der Waals surface area contributed by atoms with Crippen molar-refractivity contribution in [3.05, 3.63) is 83.7 Å². The van der Waals surface area contributed by atoms with Crippen LogP contribution >= 0.6 is 0 Å². The average Bonchev–Trinajstić information content (AvgIpc) is 2.86. The molecule has 0 radical (unpaired) electrons. The van der Waals surface area contributed by atoms with Crippen LogP contribution in [0.5, 0.6) is 0 Å². The van der Waals surface area contributed by atoms with E-state index in [0.29, 0.717) is 35.6 Å². The fraction of sp³-hybridized carbons (Fsp3) is 0.222. The Balaban J connectivity index is 1.40. The van der Waals surface area contributed by atoms with Crippen LogP contribution in [0, 0.1) is 13.8 Å². The summed E-state index contributed by atoms with van der Waals surface area (Å²) in [6.45, 7) is 4.74. The number of anilines is 2. The lowest BCUT2D eigenvalue weighted by Crippen LogP contribution is -2.48. The van der Waals surface area contributed by atoms with Crippen molar-refractivity contribution in [1.82, 2.24) is 14.3 Å². The van der Waals surface area contributed by atoms with Crippen molar-refractivity contribution in [2.45, 2.75) is 20.3 Å². The van der Waals surface area contributed by atoms with Crippen LogP contribution in [0.3, 0.4) is 0 Å². The van der Waals surface area contributed by atoms with Gasteiger partial charge in [-0.15, -0.1) is 0 Å². The molecular weight excluding hydrogens is 474 g/mol. The number of fused-ring (bicyclic) bond motifs is 1. The van der Waals surface area contributed by atoms with E-state index in [1.807, 2.05) is 50.2 Å². The van der Waals surface area contributed by atoms with Gasteiger partial charge in [0.05, 0.1) is 16.9 Å². The molecule has 2 aromatic heterocycles. The van der Waals surface area contributed by atoms with Crippen LogP contribution in [0.1, 0.15) is 27.9 Å². The summed E-state index contributed by atoms with van der Waals surface area (Å²) >= 11 is 0. The number of aromatic nitrogens is 2. The third-order valence-electron chi connectivity index (χ3n) is 6.51. The van der Waals surface area contributed by atoms with E-state index >= 15 is 0 Å². The molecule has 1 saturated heterocycles. The number of carbonyl (C=O) groups is 1. The molecule has 5 rings (SSSR count). The molecule has 184 valence electrons. The molecule has 8 nitrogen and oxygen atoms in total. The smallest absolute Gasteiger partial charge is 0.303 e. The Bertz CT molecular complexity index is 1590. The summed E-state index contributed by atoms with van der Waals surface area (Å²) < 4.78 is 28.1. The Kier molecular flexibility index (Phi) is 6.19. The predicted molar refractivity (Wildman–Crippen MR) is 142 cm³/mol. The minimum Gasteiger partial charge on any atom is -0.322 e. The minimum atomic E-state index is -3.55. The van der Waals surface area contributed by atoms with Gasteiger partial charge in [-0.2, -0.15) is 12.7 Å². The first kappa shape index (κ1) is 23.9. The zero-order chi connectivity index (χ0) is 25.4. The fourth-order valence-electron chi connectivity index (χ4n) is 4.45. The van der Waals surface area contributed by atoms with Gasteiger partial charge in [-0.05, 0) is 79.9 Å². The molecule has 1 aliphatic heterocycles. The van der Waals surface area contributed by atoms with Crippen LogP contribution in [-0.4, -0.2) is 48.7 Å². The summed E-state index contributed by atoms with van der Waals surface area (Å²) in [5.41, 5.74) is 6.04. The van der Waals surface area contributed by atoms with Gasteiger partial charge in [0.25, 0.3) is 5.91 Å². The van der Waals surface area contributed by atoms with Gasteiger partial charge in [0.15, 0.2) is 0 Å². The van der Waals surface area contributed by atoms with Crippen molar-refractivity contribution in [2.24, 2.45) is 0 Å². The van der Waals surface area contributed by atoms with Gasteiger partial charge < -0.3 is 5.32 Å². The number of nitrogens with one attached hydrogen (secondary N) is 1. The molecule has 0 saturated carbocycles. The molecule has 1 N–H and O–H groups in total. The van der Waals surface area contributed by atoms with Gasteiger partial charge in [-0.25, -0.2) is 4.98 Å². The highest BCUT2D eigenvalue weighted by Gasteiger charge is 2.31. The summed E-state index contributed by atoms with van der Waals surface area (Å²) in [4.78, 5) is 22.0. The second kappa shape index (κ2) is 9.33. The van der Waals surface area contributed by atoms with E-state index in [9.17, 15) is 13.2 Å². The van der Waals surface area contributed by atoms with Gasteiger partial charge in [-0.1, -0.05) is 6.07 Å². The van der Waals surface area contributed by atoms with Crippen molar-refractivity contribution in [3.63, 3.8) is 0 Å². The first-order valence-corrected chi connectivity index (χ1v) is 13.1. The monoisotopic (exact) mass is 501 g/mol.